The summed E-state index contributed by atoms with van der Waals surface area (Å²) in [5.74, 6) is -0.0637. The third-order valence-corrected chi connectivity index (χ3v) is 3.89. The number of nitrogens with zero attached hydrogens (tertiary/aromatic N) is 1. The van der Waals surface area contributed by atoms with Gasteiger partial charge in [-0.2, -0.15) is 0 Å². The zero-order valence-corrected chi connectivity index (χ0v) is 12.6. The van der Waals surface area contributed by atoms with Gasteiger partial charge in [0, 0.05) is 22.7 Å². The Bertz CT molecular complexity index is 561. The molecule has 1 rings (SSSR count). The standard InChI is InChI=1S/C12H16ClNO5S/c1-2-4-10(9-20(13,17)18)8-19-12-6-3-5-11(7-12)14(15)16/h3,5-7,10H,2,4,8-9H2,1H3. The van der Waals surface area contributed by atoms with Crippen molar-refractivity contribution in [3.8, 4) is 5.75 Å². The number of halogens is 1. The second kappa shape index (κ2) is 7.44. The van der Waals surface area contributed by atoms with E-state index in [1.54, 1.807) is 6.07 Å². The SMILES string of the molecule is CCCC(COc1cccc([N+](=O)[O-])c1)CS(=O)(=O)Cl. The van der Waals surface area contributed by atoms with Crippen LogP contribution in [-0.2, 0) is 9.05 Å². The fourth-order valence-corrected chi connectivity index (χ4v) is 3.17. The van der Waals surface area contributed by atoms with Crippen LogP contribution in [-0.4, -0.2) is 25.7 Å². The lowest BCUT2D eigenvalue weighted by Gasteiger charge is -2.15. The third-order valence-electron chi connectivity index (χ3n) is 2.65. The molecule has 0 aromatic heterocycles. The summed E-state index contributed by atoms with van der Waals surface area (Å²) in [7, 11) is 1.65. The van der Waals surface area contributed by atoms with Crippen molar-refractivity contribution in [1.29, 1.82) is 0 Å². The molecule has 0 saturated carbocycles. The molecule has 112 valence electrons. The van der Waals surface area contributed by atoms with Crippen molar-refractivity contribution in [2.75, 3.05) is 12.4 Å². The largest absolute Gasteiger partial charge is 0.493 e. The predicted molar refractivity (Wildman–Crippen MR) is 76.6 cm³/mol. The summed E-state index contributed by atoms with van der Waals surface area (Å²) in [6.07, 6.45) is 1.45. The van der Waals surface area contributed by atoms with Crippen molar-refractivity contribution >= 4 is 25.4 Å². The smallest absolute Gasteiger partial charge is 0.273 e. The Kier molecular flexibility index (Phi) is 6.22. The summed E-state index contributed by atoms with van der Waals surface area (Å²) in [5.41, 5.74) is -0.0699. The van der Waals surface area contributed by atoms with Crippen LogP contribution in [0.3, 0.4) is 0 Å². The molecule has 0 spiro atoms. The van der Waals surface area contributed by atoms with Gasteiger partial charge in [-0.25, -0.2) is 8.42 Å². The Morgan fingerprint density at radius 1 is 1.45 bits per heavy atom. The minimum atomic E-state index is -3.59. The first-order chi connectivity index (χ1) is 9.31. The molecule has 0 bridgehead atoms. The Labute approximate surface area is 122 Å². The second-order valence-corrected chi connectivity index (χ2v) is 7.25. The molecule has 0 aliphatic carbocycles. The molecule has 0 aliphatic heterocycles. The summed E-state index contributed by atoms with van der Waals surface area (Å²) < 4.78 is 27.6. The van der Waals surface area contributed by atoms with E-state index >= 15 is 0 Å². The molecular formula is C12H16ClNO5S. The average molecular weight is 322 g/mol. The molecule has 0 saturated heterocycles. The highest BCUT2D eigenvalue weighted by atomic mass is 35.7. The van der Waals surface area contributed by atoms with Gasteiger partial charge in [-0.1, -0.05) is 19.4 Å². The quantitative estimate of drug-likeness (QED) is 0.417. The van der Waals surface area contributed by atoms with Crippen LogP contribution in [0.15, 0.2) is 24.3 Å². The van der Waals surface area contributed by atoms with E-state index in [2.05, 4.69) is 0 Å². The monoisotopic (exact) mass is 321 g/mol. The Morgan fingerprint density at radius 3 is 2.70 bits per heavy atom. The van der Waals surface area contributed by atoms with Gasteiger partial charge in [0.2, 0.25) is 9.05 Å². The van der Waals surface area contributed by atoms with Gasteiger partial charge in [0.25, 0.3) is 5.69 Å². The van der Waals surface area contributed by atoms with Crippen molar-refractivity contribution in [2.24, 2.45) is 5.92 Å². The number of non-ortho nitro benzene ring substituents is 1. The van der Waals surface area contributed by atoms with Crippen LogP contribution in [0.2, 0.25) is 0 Å². The number of benzene rings is 1. The summed E-state index contributed by atoms with van der Waals surface area (Å²) in [4.78, 5) is 10.1. The maximum Gasteiger partial charge on any atom is 0.273 e. The number of nitro groups is 1. The molecular weight excluding hydrogens is 306 g/mol. The van der Waals surface area contributed by atoms with Gasteiger partial charge in [0.05, 0.1) is 23.3 Å². The fraction of sp³-hybridized carbons (Fsp3) is 0.500. The van der Waals surface area contributed by atoms with Gasteiger partial charge in [-0.15, -0.1) is 0 Å². The second-order valence-electron chi connectivity index (χ2n) is 4.43. The highest BCUT2D eigenvalue weighted by molar-refractivity contribution is 8.13. The number of nitro benzene ring substituents is 1. The summed E-state index contributed by atoms with van der Waals surface area (Å²) in [5, 5.41) is 10.6. The molecule has 1 aromatic carbocycles. The van der Waals surface area contributed by atoms with E-state index in [9.17, 15) is 18.5 Å². The first kappa shape index (κ1) is 16.7. The van der Waals surface area contributed by atoms with Crippen LogP contribution in [0.4, 0.5) is 5.69 Å². The molecule has 0 radical (unpaired) electrons. The van der Waals surface area contributed by atoms with Crippen molar-refractivity contribution < 1.29 is 18.1 Å². The first-order valence-electron chi connectivity index (χ1n) is 6.11. The number of hydrogen-bond donors (Lipinski definition) is 0. The fourth-order valence-electron chi connectivity index (χ4n) is 1.81. The maximum atomic E-state index is 11.1. The molecule has 0 fully saturated rings. The maximum absolute atomic E-state index is 11.1. The lowest BCUT2D eigenvalue weighted by atomic mass is 10.1. The Morgan fingerprint density at radius 2 is 2.15 bits per heavy atom. The van der Waals surface area contributed by atoms with E-state index in [1.165, 1.54) is 18.2 Å². The van der Waals surface area contributed by atoms with Crippen LogP contribution in [0.1, 0.15) is 19.8 Å². The zero-order valence-electron chi connectivity index (χ0n) is 11.0. The highest BCUT2D eigenvalue weighted by Gasteiger charge is 2.17. The van der Waals surface area contributed by atoms with Crippen LogP contribution >= 0.6 is 10.7 Å². The average Bonchev–Trinajstić information content (AvgIpc) is 2.35. The van der Waals surface area contributed by atoms with E-state index in [1.807, 2.05) is 6.92 Å². The van der Waals surface area contributed by atoms with E-state index in [0.29, 0.717) is 12.2 Å². The van der Waals surface area contributed by atoms with E-state index < -0.39 is 14.0 Å². The first-order valence-corrected chi connectivity index (χ1v) is 8.59. The minimum Gasteiger partial charge on any atom is -0.493 e. The zero-order chi connectivity index (χ0) is 15.2. The molecule has 0 amide bonds. The summed E-state index contributed by atoms with van der Waals surface area (Å²) in [6.45, 7) is 2.09. The molecule has 0 heterocycles. The van der Waals surface area contributed by atoms with Crippen LogP contribution < -0.4 is 4.74 Å². The van der Waals surface area contributed by atoms with Gasteiger partial charge in [0.1, 0.15) is 5.75 Å². The van der Waals surface area contributed by atoms with Crippen LogP contribution in [0, 0.1) is 16.0 Å². The molecule has 0 N–H and O–H groups in total. The normalized spacial score (nSPS) is 12.9. The van der Waals surface area contributed by atoms with Crippen LogP contribution in [0.25, 0.3) is 0 Å². The van der Waals surface area contributed by atoms with Crippen molar-refractivity contribution in [2.45, 2.75) is 19.8 Å². The lowest BCUT2D eigenvalue weighted by molar-refractivity contribution is -0.384. The van der Waals surface area contributed by atoms with Crippen molar-refractivity contribution in [3.05, 3.63) is 34.4 Å². The highest BCUT2D eigenvalue weighted by Crippen LogP contribution is 2.21. The predicted octanol–water partition coefficient (Wildman–Crippen LogP) is 2.96. The Balaban J connectivity index is 2.67. The number of rotatable bonds is 8. The van der Waals surface area contributed by atoms with E-state index in [4.69, 9.17) is 15.4 Å². The third kappa shape index (κ3) is 6.21. The molecule has 6 nitrogen and oxygen atoms in total. The molecule has 1 unspecified atom stereocenters. The lowest BCUT2D eigenvalue weighted by Crippen LogP contribution is -2.19. The van der Waals surface area contributed by atoms with Gasteiger partial charge < -0.3 is 4.74 Å². The van der Waals surface area contributed by atoms with Gasteiger partial charge in [0.15, 0.2) is 0 Å². The van der Waals surface area contributed by atoms with Crippen LogP contribution in [0.5, 0.6) is 5.75 Å². The van der Waals surface area contributed by atoms with Crippen molar-refractivity contribution in [1.82, 2.24) is 0 Å². The van der Waals surface area contributed by atoms with Crippen molar-refractivity contribution in [3.63, 3.8) is 0 Å². The number of hydrogen-bond acceptors (Lipinski definition) is 5. The molecule has 8 heteroatoms. The van der Waals surface area contributed by atoms with Gasteiger partial charge >= 0.3 is 0 Å². The molecule has 1 aromatic rings. The topological polar surface area (TPSA) is 86.5 Å². The number of ether oxygens (including phenoxy) is 1. The summed E-state index contributed by atoms with van der Waals surface area (Å²) in [6, 6.07) is 5.77. The van der Waals surface area contributed by atoms with Gasteiger partial charge in [-0.3, -0.25) is 10.1 Å². The summed E-state index contributed by atoms with van der Waals surface area (Å²) >= 11 is 0. The Hall–Kier alpha value is -1.34. The van der Waals surface area contributed by atoms with E-state index in [0.717, 1.165) is 6.42 Å². The molecule has 0 aliphatic rings. The molecule has 20 heavy (non-hydrogen) atoms. The van der Waals surface area contributed by atoms with E-state index in [-0.39, 0.29) is 24.0 Å². The van der Waals surface area contributed by atoms with Gasteiger partial charge in [-0.05, 0) is 12.5 Å². The molecule has 1 atom stereocenters. The minimum absolute atomic E-state index is 0.0699.